The van der Waals surface area contributed by atoms with Crippen LogP contribution in [0.1, 0.15) is 37.1 Å². The van der Waals surface area contributed by atoms with Gasteiger partial charge in [0.05, 0.1) is 37.2 Å². The third-order valence-corrected chi connectivity index (χ3v) is 5.61. The molecule has 4 atom stereocenters. The lowest BCUT2D eigenvalue weighted by atomic mass is 9.76. The van der Waals surface area contributed by atoms with Crippen LogP contribution in [0.25, 0.3) is 0 Å². The fourth-order valence-electron chi connectivity index (χ4n) is 4.02. The zero-order valence-electron chi connectivity index (χ0n) is 16.0. The summed E-state index contributed by atoms with van der Waals surface area (Å²) < 4.78 is 10.4. The fraction of sp³-hybridized carbons (Fsp3) is 0.381. The molecule has 6 nitrogen and oxygen atoms in total. The normalized spacial score (nSPS) is 25.3. The van der Waals surface area contributed by atoms with Crippen molar-refractivity contribution in [3.63, 3.8) is 0 Å². The maximum absolute atomic E-state index is 13.0. The van der Waals surface area contributed by atoms with E-state index >= 15 is 0 Å². The Kier molecular flexibility index (Phi) is 5.28. The molecule has 0 radical (unpaired) electrons. The molecule has 6 heteroatoms. The van der Waals surface area contributed by atoms with Gasteiger partial charge in [0, 0.05) is 0 Å². The molecule has 4 N–H and O–H groups in total. The van der Waals surface area contributed by atoms with E-state index in [9.17, 15) is 15.0 Å². The number of carbonyl (C=O) groups is 1. The number of ketones is 1. The second-order valence-corrected chi connectivity index (χ2v) is 7.02. The maximum atomic E-state index is 13.0. The molecule has 2 aromatic rings. The van der Waals surface area contributed by atoms with Crippen molar-refractivity contribution >= 4 is 5.78 Å². The van der Waals surface area contributed by atoms with E-state index in [1.807, 2.05) is 19.2 Å². The van der Waals surface area contributed by atoms with Crippen molar-refractivity contribution in [2.45, 2.75) is 25.9 Å². The zero-order chi connectivity index (χ0) is 19.7. The van der Waals surface area contributed by atoms with E-state index in [0.717, 1.165) is 0 Å². The molecule has 0 saturated carbocycles. The molecule has 0 unspecified atom stereocenters. The monoisotopic (exact) mass is 372 g/mol. The van der Waals surface area contributed by atoms with Gasteiger partial charge in [-0.1, -0.05) is 12.1 Å². The molecule has 1 heterocycles. The molecular formula is C21H26NO5+. The highest BCUT2D eigenvalue weighted by atomic mass is 16.5. The van der Waals surface area contributed by atoms with Gasteiger partial charge in [-0.3, -0.25) is 4.79 Å². The number of hydrogen-bond donors (Lipinski definition) is 3. The van der Waals surface area contributed by atoms with Crippen LogP contribution in [0.5, 0.6) is 23.0 Å². The van der Waals surface area contributed by atoms with Gasteiger partial charge in [0.1, 0.15) is 12.1 Å². The van der Waals surface area contributed by atoms with Crippen LogP contribution < -0.4 is 14.8 Å². The predicted molar refractivity (Wildman–Crippen MR) is 100 cm³/mol. The molecular weight excluding hydrogens is 346 g/mol. The van der Waals surface area contributed by atoms with Crippen LogP contribution in [0.15, 0.2) is 36.4 Å². The van der Waals surface area contributed by atoms with Crippen molar-refractivity contribution in [3.05, 3.63) is 47.5 Å². The number of rotatable bonds is 4. The Bertz CT molecular complexity index is 783. The average molecular weight is 372 g/mol. The summed E-state index contributed by atoms with van der Waals surface area (Å²) in [7, 11) is 2.99. The quantitative estimate of drug-likeness (QED) is 0.766. The largest absolute Gasteiger partial charge is 0.504 e. The number of benzene rings is 2. The lowest BCUT2D eigenvalue weighted by Crippen LogP contribution is -2.91. The van der Waals surface area contributed by atoms with Gasteiger partial charge in [0.25, 0.3) is 0 Å². The molecule has 27 heavy (non-hydrogen) atoms. The van der Waals surface area contributed by atoms with Crippen LogP contribution in [0.3, 0.4) is 0 Å². The Morgan fingerprint density at radius 1 is 0.815 bits per heavy atom. The lowest BCUT2D eigenvalue weighted by Gasteiger charge is -2.36. The first kappa shape index (κ1) is 19.0. The van der Waals surface area contributed by atoms with Gasteiger partial charge in [-0.2, -0.15) is 0 Å². The Morgan fingerprint density at radius 3 is 1.59 bits per heavy atom. The van der Waals surface area contributed by atoms with Crippen molar-refractivity contribution in [3.8, 4) is 23.0 Å². The number of hydrogen-bond acceptors (Lipinski definition) is 5. The Hall–Kier alpha value is -2.73. The number of phenols is 2. The first-order valence-electron chi connectivity index (χ1n) is 9.01. The van der Waals surface area contributed by atoms with Gasteiger partial charge in [-0.15, -0.1) is 0 Å². The zero-order valence-corrected chi connectivity index (χ0v) is 16.0. The highest BCUT2D eigenvalue weighted by molar-refractivity contribution is 5.85. The molecule has 0 aliphatic carbocycles. The number of carbonyl (C=O) groups excluding carboxylic acids is 1. The molecule has 0 spiro atoms. The maximum Gasteiger partial charge on any atom is 0.166 e. The van der Waals surface area contributed by atoms with Crippen LogP contribution >= 0.6 is 0 Å². The van der Waals surface area contributed by atoms with E-state index in [4.69, 9.17) is 9.47 Å². The predicted octanol–water partition coefficient (Wildman–Crippen LogP) is 2.32. The van der Waals surface area contributed by atoms with Crippen molar-refractivity contribution in [2.24, 2.45) is 11.8 Å². The minimum Gasteiger partial charge on any atom is -0.504 e. The second-order valence-electron chi connectivity index (χ2n) is 7.02. The van der Waals surface area contributed by atoms with E-state index in [1.54, 1.807) is 36.4 Å². The first-order chi connectivity index (χ1) is 12.9. The molecule has 3 rings (SSSR count). The SMILES string of the molecule is COc1cccc([C@H]2[NH2+][C@@H](c3cccc(OC)c3O)[C@@H](C)C(=O)[C@H]2C)c1O. The third kappa shape index (κ3) is 3.21. The summed E-state index contributed by atoms with van der Waals surface area (Å²) in [5, 5.41) is 23.2. The van der Waals surface area contributed by atoms with Gasteiger partial charge in [-0.25, -0.2) is 0 Å². The minimum atomic E-state index is -0.292. The summed E-state index contributed by atoms with van der Waals surface area (Å²) in [4.78, 5) is 13.0. The Labute approximate surface area is 158 Å². The standard InChI is InChI=1S/C21H25NO5/c1-11-17(13-7-5-9-15(26-3)20(13)24)22-18(12(2)19(11)23)14-8-6-10-16(27-4)21(14)25/h5-12,17-18,22,24-25H,1-4H3/p+1/t11-,12+,17-,18+. The molecule has 0 aromatic heterocycles. The summed E-state index contributed by atoms with van der Waals surface area (Å²) in [5.41, 5.74) is 1.30. The van der Waals surface area contributed by atoms with Crippen LogP contribution in [0, 0.1) is 11.8 Å². The molecule has 0 bridgehead atoms. The summed E-state index contributed by atoms with van der Waals surface area (Å²) >= 11 is 0. The molecule has 1 fully saturated rings. The van der Waals surface area contributed by atoms with Crippen LogP contribution in [0.4, 0.5) is 0 Å². The van der Waals surface area contributed by atoms with Gasteiger partial charge in [0.15, 0.2) is 28.8 Å². The van der Waals surface area contributed by atoms with Gasteiger partial charge in [-0.05, 0) is 38.1 Å². The average Bonchev–Trinajstić information content (AvgIpc) is 2.68. The number of methoxy groups -OCH3 is 2. The van der Waals surface area contributed by atoms with E-state index in [2.05, 4.69) is 0 Å². The van der Waals surface area contributed by atoms with Crippen LogP contribution in [-0.4, -0.2) is 30.2 Å². The number of phenolic OH excluding ortho intramolecular Hbond substituents is 2. The van der Waals surface area contributed by atoms with Gasteiger partial charge in [0.2, 0.25) is 0 Å². The summed E-state index contributed by atoms with van der Waals surface area (Å²) in [6, 6.07) is 10.00. The molecule has 1 saturated heterocycles. The second kappa shape index (κ2) is 7.48. The van der Waals surface area contributed by atoms with Crippen LogP contribution in [-0.2, 0) is 4.79 Å². The summed E-state index contributed by atoms with van der Waals surface area (Å²) in [6.07, 6.45) is 0. The highest BCUT2D eigenvalue weighted by Gasteiger charge is 2.45. The fourth-order valence-corrected chi connectivity index (χ4v) is 4.02. The highest BCUT2D eigenvalue weighted by Crippen LogP contribution is 2.41. The number of ether oxygens (including phenoxy) is 2. The number of quaternary nitrogens is 1. The van der Waals surface area contributed by atoms with Crippen molar-refractivity contribution in [1.29, 1.82) is 0 Å². The summed E-state index contributed by atoms with van der Waals surface area (Å²) in [6.45, 7) is 3.75. The number of Topliss-reactive ketones (excluding diaryl/α,β-unsaturated/α-hetero) is 1. The molecule has 144 valence electrons. The van der Waals surface area contributed by atoms with Gasteiger partial charge >= 0.3 is 0 Å². The van der Waals surface area contributed by atoms with Crippen molar-refractivity contribution in [2.75, 3.05) is 14.2 Å². The number of piperidine rings is 1. The molecule has 2 aromatic carbocycles. The molecule has 0 amide bonds. The van der Waals surface area contributed by atoms with Crippen molar-refractivity contribution in [1.82, 2.24) is 0 Å². The first-order valence-corrected chi connectivity index (χ1v) is 9.01. The Morgan fingerprint density at radius 2 is 1.22 bits per heavy atom. The van der Waals surface area contributed by atoms with E-state index in [1.165, 1.54) is 14.2 Å². The van der Waals surface area contributed by atoms with E-state index in [-0.39, 0.29) is 41.2 Å². The third-order valence-electron chi connectivity index (χ3n) is 5.61. The van der Waals surface area contributed by atoms with Crippen molar-refractivity contribution < 1.29 is 29.8 Å². The van der Waals surface area contributed by atoms with Crippen LogP contribution in [0.2, 0.25) is 0 Å². The Balaban J connectivity index is 2.05. The topological polar surface area (TPSA) is 92.6 Å². The smallest absolute Gasteiger partial charge is 0.166 e. The van der Waals surface area contributed by atoms with E-state index in [0.29, 0.717) is 22.6 Å². The molecule has 1 aliphatic rings. The number of nitrogens with two attached hydrogens (primary N) is 1. The molecule has 1 aliphatic heterocycles. The lowest BCUT2D eigenvalue weighted by molar-refractivity contribution is -0.748. The number of aromatic hydroxyl groups is 2. The van der Waals surface area contributed by atoms with Gasteiger partial charge < -0.3 is 25.0 Å². The minimum absolute atomic E-state index is 0.0454. The summed E-state index contributed by atoms with van der Waals surface area (Å²) in [5.74, 6) is 0.356. The number of para-hydroxylation sites is 2. The van der Waals surface area contributed by atoms with E-state index < -0.39 is 0 Å².